The number of nitrogens with two attached hydrogens (primary N) is 1. The summed E-state index contributed by atoms with van der Waals surface area (Å²) < 4.78 is 0. The molecule has 0 aromatic heterocycles. The number of halogens is 2. The van der Waals surface area contributed by atoms with E-state index in [-0.39, 0.29) is 11.9 Å². The molecule has 0 saturated heterocycles. The number of carbonyl (C=O) groups is 1. The van der Waals surface area contributed by atoms with Crippen LogP contribution in [0.1, 0.15) is 24.9 Å². The normalized spacial score (nSPS) is 13.9. The Kier molecular flexibility index (Phi) is 7.17. The van der Waals surface area contributed by atoms with Gasteiger partial charge in [0.25, 0.3) is 0 Å². The Morgan fingerprint density at radius 1 is 1.45 bits per heavy atom. The minimum absolute atomic E-state index is 0.0717. The van der Waals surface area contributed by atoms with Crippen molar-refractivity contribution in [1.29, 1.82) is 0 Å². The summed E-state index contributed by atoms with van der Waals surface area (Å²) >= 11 is 13.7. The summed E-state index contributed by atoms with van der Waals surface area (Å²) in [6, 6.07) is 4.67. The molecule has 6 heteroatoms. The average Bonchev–Trinajstić information content (AvgIpc) is 2.42. The van der Waals surface area contributed by atoms with Gasteiger partial charge in [0.15, 0.2) is 0 Å². The lowest BCUT2D eigenvalue weighted by atomic mass is 10.1. The van der Waals surface area contributed by atoms with Gasteiger partial charge < -0.3 is 10.6 Å². The third-order valence-corrected chi connectivity index (χ3v) is 4.50. The summed E-state index contributed by atoms with van der Waals surface area (Å²) in [5, 5.41) is 1.14. The Balaban J connectivity index is 2.80. The third-order valence-electron chi connectivity index (χ3n) is 3.29. The average molecular weight is 335 g/mol. The van der Waals surface area contributed by atoms with E-state index in [0.717, 1.165) is 11.3 Å². The fourth-order valence-corrected chi connectivity index (χ4v) is 2.93. The number of thioether (sulfide) groups is 1. The molecule has 0 spiro atoms. The number of nitrogens with zero attached hydrogens (tertiary/aromatic N) is 1. The van der Waals surface area contributed by atoms with Crippen molar-refractivity contribution in [3.05, 3.63) is 33.8 Å². The number of carbonyl (C=O) groups excluding carboxylic acids is 1. The maximum atomic E-state index is 12.3. The van der Waals surface area contributed by atoms with Crippen LogP contribution in [0, 0.1) is 0 Å². The number of hydrogen-bond acceptors (Lipinski definition) is 3. The van der Waals surface area contributed by atoms with Crippen molar-refractivity contribution in [2.75, 3.05) is 19.1 Å². The van der Waals surface area contributed by atoms with Gasteiger partial charge in [0, 0.05) is 17.1 Å². The summed E-state index contributed by atoms with van der Waals surface area (Å²) in [7, 11) is 1.75. The van der Waals surface area contributed by atoms with E-state index in [9.17, 15) is 4.79 Å². The monoisotopic (exact) mass is 334 g/mol. The molecule has 1 aromatic carbocycles. The smallest absolute Gasteiger partial charge is 0.239 e. The van der Waals surface area contributed by atoms with Gasteiger partial charge in [0.1, 0.15) is 0 Å². The molecule has 1 unspecified atom stereocenters. The van der Waals surface area contributed by atoms with Gasteiger partial charge in [0.2, 0.25) is 5.91 Å². The van der Waals surface area contributed by atoms with Crippen LogP contribution in [0.25, 0.3) is 0 Å². The van der Waals surface area contributed by atoms with E-state index in [2.05, 4.69) is 0 Å². The number of benzene rings is 1. The maximum absolute atomic E-state index is 12.3. The zero-order valence-corrected chi connectivity index (χ0v) is 14.2. The topological polar surface area (TPSA) is 46.3 Å². The Morgan fingerprint density at radius 3 is 2.65 bits per heavy atom. The van der Waals surface area contributed by atoms with Gasteiger partial charge in [-0.05, 0) is 43.0 Å². The van der Waals surface area contributed by atoms with E-state index in [1.807, 2.05) is 19.2 Å². The second kappa shape index (κ2) is 8.13. The van der Waals surface area contributed by atoms with Gasteiger partial charge in [-0.1, -0.05) is 29.3 Å². The van der Waals surface area contributed by atoms with E-state index >= 15 is 0 Å². The zero-order valence-electron chi connectivity index (χ0n) is 11.9. The first-order valence-corrected chi connectivity index (χ1v) is 8.49. The Bertz CT molecular complexity index is 470. The highest BCUT2D eigenvalue weighted by atomic mass is 35.5. The van der Waals surface area contributed by atoms with Crippen LogP contribution >= 0.6 is 35.0 Å². The lowest BCUT2D eigenvalue weighted by molar-refractivity contribution is -0.133. The predicted molar refractivity (Wildman–Crippen MR) is 88.6 cm³/mol. The van der Waals surface area contributed by atoms with E-state index in [1.165, 1.54) is 0 Å². The second-order valence-electron chi connectivity index (χ2n) is 4.68. The van der Waals surface area contributed by atoms with E-state index in [0.29, 0.717) is 16.5 Å². The van der Waals surface area contributed by atoms with Crippen molar-refractivity contribution in [1.82, 2.24) is 4.90 Å². The molecule has 0 aliphatic carbocycles. The molecule has 1 amide bonds. The molecule has 0 saturated carbocycles. The SMILES string of the molecule is CSCC[C@H](N)C(=O)N(C)C(C)c1ccc(Cl)cc1Cl. The van der Waals surface area contributed by atoms with Crippen LogP contribution in [0.4, 0.5) is 0 Å². The van der Waals surface area contributed by atoms with Crippen LogP contribution in [0.2, 0.25) is 10.0 Å². The van der Waals surface area contributed by atoms with Crippen LogP contribution in [0.5, 0.6) is 0 Å². The third kappa shape index (κ3) is 4.55. The highest BCUT2D eigenvalue weighted by Gasteiger charge is 2.23. The fourth-order valence-electron chi connectivity index (χ4n) is 1.87. The van der Waals surface area contributed by atoms with Crippen molar-refractivity contribution >= 4 is 40.9 Å². The summed E-state index contributed by atoms with van der Waals surface area (Å²) in [4.78, 5) is 13.9. The molecule has 0 bridgehead atoms. The minimum Gasteiger partial charge on any atom is -0.338 e. The molecule has 0 aliphatic rings. The van der Waals surface area contributed by atoms with Gasteiger partial charge in [-0.2, -0.15) is 11.8 Å². The molecule has 0 fully saturated rings. The molecule has 3 nitrogen and oxygen atoms in total. The molecule has 20 heavy (non-hydrogen) atoms. The van der Waals surface area contributed by atoms with Crippen LogP contribution in [-0.2, 0) is 4.79 Å². The highest BCUT2D eigenvalue weighted by molar-refractivity contribution is 7.98. The molecular formula is C14H20Cl2N2OS. The maximum Gasteiger partial charge on any atom is 0.239 e. The van der Waals surface area contributed by atoms with E-state index in [4.69, 9.17) is 28.9 Å². The molecule has 2 atom stereocenters. The molecule has 1 rings (SSSR count). The standard InChI is InChI=1S/C14H20Cl2N2OS/c1-9(11-5-4-10(15)8-12(11)16)18(2)14(19)13(17)6-7-20-3/h4-5,8-9,13H,6-7,17H2,1-3H3/t9?,13-/m0/s1. The summed E-state index contributed by atoms with van der Waals surface area (Å²) in [5.41, 5.74) is 6.79. The van der Waals surface area contributed by atoms with E-state index in [1.54, 1.807) is 35.8 Å². The molecule has 112 valence electrons. The van der Waals surface area contributed by atoms with Gasteiger partial charge in [0.05, 0.1) is 12.1 Å². The summed E-state index contributed by atoms with van der Waals surface area (Å²) in [5.74, 6) is 0.800. The van der Waals surface area contributed by atoms with Crippen molar-refractivity contribution in [3.63, 3.8) is 0 Å². The fraction of sp³-hybridized carbons (Fsp3) is 0.500. The van der Waals surface area contributed by atoms with Crippen molar-refractivity contribution in [2.24, 2.45) is 5.73 Å². The highest BCUT2D eigenvalue weighted by Crippen LogP contribution is 2.29. The predicted octanol–water partition coefficient (Wildman–Crippen LogP) is 3.59. The van der Waals surface area contributed by atoms with Crippen LogP contribution in [0.15, 0.2) is 18.2 Å². The number of hydrogen-bond donors (Lipinski definition) is 1. The van der Waals surface area contributed by atoms with Crippen molar-refractivity contribution in [3.8, 4) is 0 Å². The summed E-state index contributed by atoms with van der Waals surface area (Å²) in [6.07, 6.45) is 2.67. The zero-order chi connectivity index (χ0) is 15.3. The molecule has 0 heterocycles. The largest absolute Gasteiger partial charge is 0.338 e. The van der Waals surface area contributed by atoms with Crippen LogP contribution in [0.3, 0.4) is 0 Å². The first-order valence-electron chi connectivity index (χ1n) is 6.34. The summed E-state index contributed by atoms with van der Waals surface area (Å²) in [6.45, 7) is 1.92. The molecule has 0 radical (unpaired) electrons. The Labute approximate surface area is 134 Å². The van der Waals surface area contributed by atoms with Crippen LogP contribution in [-0.4, -0.2) is 35.9 Å². The number of rotatable bonds is 6. The van der Waals surface area contributed by atoms with Gasteiger partial charge in [-0.25, -0.2) is 0 Å². The van der Waals surface area contributed by atoms with Gasteiger partial charge in [-0.15, -0.1) is 0 Å². The molecule has 0 aliphatic heterocycles. The molecule has 1 aromatic rings. The second-order valence-corrected chi connectivity index (χ2v) is 6.51. The van der Waals surface area contributed by atoms with Crippen LogP contribution < -0.4 is 5.73 Å². The van der Waals surface area contributed by atoms with Crippen molar-refractivity contribution < 1.29 is 4.79 Å². The number of amides is 1. The lowest BCUT2D eigenvalue weighted by Crippen LogP contribution is -2.43. The quantitative estimate of drug-likeness (QED) is 0.864. The molecule has 2 N–H and O–H groups in total. The Hall–Kier alpha value is -0.420. The van der Waals surface area contributed by atoms with E-state index < -0.39 is 6.04 Å². The van der Waals surface area contributed by atoms with Gasteiger partial charge >= 0.3 is 0 Å². The lowest BCUT2D eigenvalue weighted by Gasteiger charge is -2.28. The van der Waals surface area contributed by atoms with Crippen molar-refractivity contribution in [2.45, 2.75) is 25.4 Å². The number of likely N-dealkylation sites (N-methyl/N-ethyl adjacent to an activating group) is 1. The first kappa shape index (κ1) is 17.6. The molecular weight excluding hydrogens is 315 g/mol. The van der Waals surface area contributed by atoms with Gasteiger partial charge in [-0.3, -0.25) is 4.79 Å². The Morgan fingerprint density at radius 2 is 2.10 bits per heavy atom. The first-order chi connectivity index (χ1) is 9.38. The minimum atomic E-state index is -0.471.